The van der Waals surface area contributed by atoms with Crippen molar-refractivity contribution < 1.29 is 32.3 Å². The molecule has 1 fully saturated rings. The van der Waals surface area contributed by atoms with E-state index >= 15 is 0 Å². The maximum absolute atomic E-state index is 13.9. The Morgan fingerprint density at radius 3 is 2.39 bits per heavy atom. The molecule has 0 bridgehead atoms. The van der Waals surface area contributed by atoms with Crippen LogP contribution in [0.4, 0.5) is 11.4 Å². The Morgan fingerprint density at radius 2 is 1.71 bits per heavy atom. The van der Waals surface area contributed by atoms with Crippen LogP contribution < -0.4 is 19.7 Å². The van der Waals surface area contributed by atoms with Crippen LogP contribution in [0.3, 0.4) is 0 Å². The fraction of sp³-hybridized carbons (Fsp3) is 0.192. The van der Waals surface area contributed by atoms with Crippen LogP contribution in [0.25, 0.3) is 0 Å². The number of anilines is 2. The number of rotatable bonds is 7. The molecule has 3 amide bonds. The van der Waals surface area contributed by atoms with Crippen molar-refractivity contribution in [2.75, 3.05) is 17.0 Å². The van der Waals surface area contributed by atoms with Gasteiger partial charge in [-0.2, -0.15) is 4.31 Å². The van der Waals surface area contributed by atoms with Gasteiger partial charge in [-0.1, -0.05) is 6.07 Å². The second-order valence-electron chi connectivity index (χ2n) is 8.71. The van der Waals surface area contributed by atoms with Crippen LogP contribution in [0.1, 0.15) is 18.9 Å². The van der Waals surface area contributed by atoms with Gasteiger partial charge in [0.2, 0.25) is 28.6 Å². The van der Waals surface area contributed by atoms with Crippen LogP contribution in [0.2, 0.25) is 0 Å². The lowest BCUT2D eigenvalue weighted by Gasteiger charge is -2.27. The summed E-state index contributed by atoms with van der Waals surface area (Å²) in [5, 5.41) is 2.59. The van der Waals surface area contributed by atoms with Gasteiger partial charge in [0.25, 0.3) is 5.91 Å². The van der Waals surface area contributed by atoms with Gasteiger partial charge in [-0.15, -0.1) is 0 Å². The third kappa shape index (κ3) is 5.11. The fourth-order valence-electron chi connectivity index (χ4n) is 4.33. The molecule has 2 heterocycles. The Balaban J connectivity index is 1.52. The molecule has 10 nitrogen and oxygen atoms in total. The highest BCUT2D eigenvalue weighted by atomic mass is 127. The maximum atomic E-state index is 13.9. The number of benzene rings is 3. The smallest absolute Gasteiger partial charge is 0.252 e. The van der Waals surface area contributed by atoms with Crippen molar-refractivity contribution in [2.24, 2.45) is 0 Å². The molecule has 0 radical (unpaired) electrons. The van der Waals surface area contributed by atoms with E-state index in [4.69, 9.17) is 9.47 Å². The Labute approximate surface area is 232 Å². The molecule has 1 saturated heterocycles. The molecular weight excluding hydrogens is 625 g/mol. The van der Waals surface area contributed by atoms with Gasteiger partial charge in [-0.25, -0.2) is 13.3 Å². The lowest BCUT2D eigenvalue weighted by atomic mass is 10.1. The highest BCUT2D eigenvalue weighted by Crippen LogP contribution is 2.35. The minimum absolute atomic E-state index is 0.0576. The van der Waals surface area contributed by atoms with Gasteiger partial charge in [-0.05, 0) is 88.8 Å². The molecule has 3 aromatic rings. The van der Waals surface area contributed by atoms with Gasteiger partial charge in [-0.3, -0.25) is 14.4 Å². The predicted molar refractivity (Wildman–Crippen MR) is 146 cm³/mol. The summed E-state index contributed by atoms with van der Waals surface area (Å²) in [6.45, 7) is 1.22. The second-order valence-corrected chi connectivity index (χ2v) is 11.8. The first-order valence-electron chi connectivity index (χ1n) is 11.5. The number of halogens is 1. The first-order chi connectivity index (χ1) is 18.1. The topological polar surface area (TPSA) is 122 Å². The summed E-state index contributed by atoms with van der Waals surface area (Å²) in [4.78, 5) is 38.9. The molecule has 0 saturated carbocycles. The van der Waals surface area contributed by atoms with Crippen LogP contribution in [0.5, 0.6) is 11.5 Å². The number of hydrogen-bond acceptors (Lipinski definition) is 7. The zero-order valence-corrected chi connectivity index (χ0v) is 23.1. The molecule has 196 valence electrons. The number of nitrogens with one attached hydrogen (secondary N) is 1. The van der Waals surface area contributed by atoms with Gasteiger partial charge < -0.3 is 14.8 Å². The SMILES string of the molecule is CC(=O)Nc1ccc(S(=O)(=O)N(Cc2ccc3c(c2)OCO3)C2CC(=O)N(c3ccc(I)cc3)C2=O)cc1. The summed E-state index contributed by atoms with van der Waals surface area (Å²) < 4.78 is 40.6. The molecule has 1 N–H and O–H groups in total. The van der Waals surface area contributed by atoms with Gasteiger partial charge in [0.15, 0.2) is 11.5 Å². The zero-order chi connectivity index (χ0) is 27.0. The molecule has 2 aliphatic rings. The van der Waals surface area contributed by atoms with E-state index < -0.39 is 27.9 Å². The van der Waals surface area contributed by atoms with E-state index in [1.807, 2.05) is 0 Å². The van der Waals surface area contributed by atoms with E-state index in [9.17, 15) is 22.8 Å². The third-order valence-electron chi connectivity index (χ3n) is 6.11. The maximum Gasteiger partial charge on any atom is 0.252 e. The zero-order valence-electron chi connectivity index (χ0n) is 20.1. The molecule has 12 heteroatoms. The summed E-state index contributed by atoms with van der Waals surface area (Å²) in [6.07, 6.45) is -0.307. The molecule has 2 aliphatic heterocycles. The van der Waals surface area contributed by atoms with Crippen molar-refractivity contribution >= 4 is 61.7 Å². The molecule has 1 atom stereocenters. The summed E-state index contributed by atoms with van der Waals surface area (Å²) >= 11 is 2.12. The van der Waals surface area contributed by atoms with Gasteiger partial charge in [0.1, 0.15) is 6.04 Å². The second kappa shape index (κ2) is 10.3. The van der Waals surface area contributed by atoms with Crippen molar-refractivity contribution in [3.05, 3.63) is 75.9 Å². The van der Waals surface area contributed by atoms with Crippen LogP contribution in [0.15, 0.2) is 71.6 Å². The largest absolute Gasteiger partial charge is 0.454 e. The molecule has 1 unspecified atom stereocenters. The number of imide groups is 1. The lowest BCUT2D eigenvalue weighted by molar-refractivity contribution is -0.122. The molecular formula is C26H22IN3O7S. The summed E-state index contributed by atoms with van der Waals surface area (Å²) in [5.74, 6) is -0.415. The first-order valence-corrected chi connectivity index (χ1v) is 14.1. The van der Waals surface area contributed by atoms with Crippen LogP contribution >= 0.6 is 22.6 Å². The molecule has 38 heavy (non-hydrogen) atoms. The number of amides is 3. The normalized spacial score (nSPS) is 16.8. The molecule has 3 aromatic carbocycles. The summed E-state index contributed by atoms with van der Waals surface area (Å²) in [5.41, 5.74) is 1.36. The minimum atomic E-state index is -4.26. The van der Waals surface area contributed by atoms with Crippen LogP contribution in [0, 0.1) is 3.57 Å². The van der Waals surface area contributed by atoms with Gasteiger partial charge in [0, 0.05) is 22.7 Å². The standard InChI is InChI=1S/C26H22IN3O7S/c1-16(31)28-19-5-9-21(10-6-19)38(34,35)29(14-17-2-11-23-24(12-17)37-15-36-23)22-13-25(32)30(26(22)33)20-7-3-18(27)4-8-20/h2-12,22H,13-15H2,1H3,(H,28,31). The van der Waals surface area contributed by atoms with Crippen molar-refractivity contribution in [3.63, 3.8) is 0 Å². The fourth-order valence-corrected chi connectivity index (χ4v) is 6.26. The van der Waals surface area contributed by atoms with E-state index in [0.717, 1.165) is 12.8 Å². The quantitative estimate of drug-likeness (QED) is 0.308. The van der Waals surface area contributed by atoms with Crippen molar-refractivity contribution in [3.8, 4) is 11.5 Å². The highest BCUT2D eigenvalue weighted by Gasteiger charge is 2.47. The molecule has 0 aromatic heterocycles. The number of hydrogen-bond donors (Lipinski definition) is 1. The van der Waals surface area contributed by atoms with Crippen molar-refractivity contribution in [1.29, 1.82) is 0 Å². The average Bonchev–Trinajstić information content (AvgIpc) is 3.46. The first kappa shape index (κ1) is 26.1. The van der Waals surface area contributed by atoms with Crippen LogP contribution in [-0.2, 0) is 31.0 Å². The highest BCUT2D eigenvalue weighted by molar-refractivity contribution is 14.1. The Bertz CT molecular complexity index is 1530. The Hall–Kier alpha value is -3.49. The van der Waals surface area contributed by atoms with E-state index in [1.165, 1.54) is 31.2 Å². The van der Waals surface area contributed by atoms with Gasteiger partial charge >= 0.3 is 0 Å². The number of carbonyl (C=O) groups excluding carboxylic acids is 3. The van der Waals surface area contributed by atoms with E-state index in [2.05, 4.69) is 27.9 Å². The number of carbonyl (C=O) groups is 3. The monoisotopic (exact) mass is 647 g/mol. The molecule has 0 spiro atoms. The number of ether oxygens (including phenoxy) is 2. The molecule has 5 rings (SSSR count). The Kier molecular flexibility index (Phi) is 7.11. The number of fused-ring (bicyclic) bond motifs is 1. The van der Waals surface area contributed by atoms with Crippen molar-refractivity contribution in [1.82, 2.24) is 4.31 Å². The van der Waals surface area contributed by atoms with E-state index in [1.54, 1.807) is 42.5 Å². The van der Waals surface area contributed by atoms with E-state index in [-0.39, 0.29) is 30.6 Å². The number of nitrogens with zero attached hydrogens (tertiary/aromatic N) is 2. The van der Waals surface area contributed by atoms with Crippen molar-refractivity contribution in [2.45, 2.75) is 30.8 Å². The predicted octanol–water partition coefficient (Wildman–Crippen LogP) is 3.50. The van der Waals surface area contributed by atoms with Gasteiger partial charge in [0.05, 0.1) is 17.0 Å². The van der Waals surface area contributed by atoms with E-state index in [0.29, 0.717) is 28.4 Å². The third-order valence-corrected chi connectivity index (χ3v) is 8.70. The minimum Gasteiger partial charge on any atom is -0.454 e. The summed E-state index contributed by atoms with van der Waals surface area (Å²) in [6, 6.07) is 16.2. The van der Waals surface area contributed by atoms with Crippen LogP contribution in [-0.4, -0.2) is 43.3 Å². The average molecular weight is 647 g/mol. The number of sulfonamides is 1. The lowest BCUT2D eigenvalue weighted by Crippen LogP contribution is -2.45. The Morgan fingerprint density at radius 1 is 1.03 bits per heavy atom. The summed E-state index contributed by atoms with van der Waals surface area (Å²) in [7, 11) is -4.26. The molecule has 0 aliphatic carbocycles.